The van der Waals surface area contributed by atoms with Crippen LogP contribution in [0.25, 0.3) is 0 Å². The highest BCUT2D eigenvalue weighted by molar-refractivity contribution is 7.12. The van der Waals surface area contributed by atoms with Gasteiger partial charge in [-0.2, -0.15) is 0 Å². The molecule has 0 saturated heterocycles. The van der Waals surface area contributed by atoms with E-state index in [2.05, 4.69) is 10.2 Å². The van der Waals surface area contributed by atoms with Gasteiger partial charge < -0.3 is 4.74 Å². The first-order chi connectivity index (χ1) is 11.0. The van der Waals surface area contributed by atoms with Crippen molar-refractivity contribution in [1.82, 2.24) is 10.9 Å². The molecule has 0 bridgehead atoms. The Balaban J connectivity index is 1.82. The van der Waals surface area contributed by atoms with E-state index in [0.717, 1.165) is 18.2 Å². The maximum atomic E-state index is 13.3. The first-order valence-electron chi connectivity index (χ1n) is 6.23. The molecular formula is C14H10F2N2O4S. The van der Waals surface area contributed by atoms with Crippen LogP contribution >= 0.6 is 11.3 Å². The quantitative estimate of drug-likeness (QED) is 0.655. The number of ether oxygens (including phenoxy) is 1. The summed E-state index contributed by atoms with van der Waals surface area (Å²) in [6.45, 7) is -0.808. The highest BCUT2D eigenvalue weighted by Crippen LogP contribution is 2.13. The van der Waals surface area contributed by atoms with Crippen molar-refractivity contribution in [3.8, 4) is 0 Å². The molecule has 0 aliphatic carbocycles. The molecule has 0 fully saturated rings. The minimum absolute atomic E-state index is 0.371. The van der Waals surface area contributed by atoms with Crippen LogP contribution in [-0.4, -0.2) is 24.4 Å². The Kier molecular flexibility index (Phi) is 5.36. The lowest BCUT2D eigenvalue weighted by Gasteiger charge is -2.08. The van der Waals surface area contributed by atoms with Crippen molar-refractivity contribution in [3.05, 3.63) is 57.8 Å². The lowest BCUT2D eigenvalue weighted by molar-refractivity contribution is -0.125. The van der Waals surface area contributed by atoms with Crippen molar-refractivity contribution in [2.75, 3.05) is 6.61 Å². The highest BCUT2D eigenvalue weighted by Gasteiger charge is 2.19. The Bertz CT molecular complexity index is 714. The third-order valence-corrected chi connectivity index (χ3v) is 3.43. The maximum Gasteiger partial charge on any atom is 0.344 e. The van der Waals surface area contributed by atoms with E-state index < -0.39 is 41.6 Å². The minimum atomic E-state index is -1.32. The van der Waals surface area contributed by atoms with Crippen LogP contribution in [-0.2, 0) is 9.53 Å². The van der Waals surface area contributed by atoms with Gasteiger partial charge in [-0.15, -0.1) is 11.3 Å². The molecule has 2 amide bonds. The summed E-state index contributed by atoms with van der Waals surface area (Å²) in [7, 11) is 0. The Morgan fingerprint density at radius 3 is 2.35 bits per heavy atom. The van der Waals surface area contributed by atoms with Crippen LogP contribution in [0.3, 0.4) is 0 Å². The zero-order chi connectivity index (χ0) is 16.8. The summed E-state index contributed by atoms with van der Waals surface area (Å²) in [6.07, 6.45) is 0. The number of thiophene rings is 1. The number of amides is 2. The second-order valence-electron chi connectivity index (χ2n) is 4.15. The Labute approximate surface area is 133 Å². The van der Waals surface area contributed by atoms with Crippen molar-refractivity contribution >= 4 is 29.1 Å². The van der Waals surface area contributed by atoms with Crippen LogP contribution in [0.4, 0.5) is 8.78 Å². The average Bonchev–Trinajstić information content (AvgIpc) is 3.05. The van der Waals surface area contributed by atoms with Crippen molar-refractivity contribution < 1.29 is 27.9 Å². The molecule has 2 rings (SSSR count). The van der Waals surface area contributed by atoms with Crippen LogP contribution in [0.5, 0.6) is 0 Å². The molecule has 120 valence electrons. The number of hydrogen-bond donors (Lipinski definition) is 2. The topological polar surface area (TPSA) is 84.5 Å². The minimum Gasteiger partial charge on any atom is -0.452 e. The van der Waals surface area contributed by atoms with E-state index in [9.17, 15) is 23.2 Å². The molecule has 0 spiro atoms. The Morgan fingerprint density at radius 1 is 1.04 bits per heavy atom. The summed E-state index contributed by atoms with van der Waals surface area (Å²) in [5, 5.41) is 1.68. The maximum absolute atomic E-state index is 13.3. The first-order valence-corrected chi connectivity index (χ1v) is 7.11. The average molecular weight is 340 g/mol. The van der Waals surface area contributed by atoms with Gasteiger partial charge in [0, 0.05) is 0 Å². The van der Waals surface area contributed by atoms with E-state index in [1.807, 2.05) is 5.43 Å². The van der Waals surface area contributed by atoms with Crippen molar-refractivity contribution in [2.45, 2.75) is 0 Å². The van der Waals surface area contributed by atoms with Crippen molar-refractivity contribution in [3.63, 3.8) is 0 Å². The van der Waals surface area contributed by atoms with Gasteiger partial charge >= 0.3 is 5.97 Å². The lowest BCUT2D eigenvalue weighted by Crippen LogP contribution is -2.43. The number of carbonyl (C=O) groups excluding carboxylic acids is 3. The smallest absolute Gasteiger partial charge is 0.344 e. The Morgan fingerprint density at radius 2 is 1.74 bits per heavy atom. The van der Waals surface area contributed by atoms with Gasteiger partial charge in [-0.25, -0.2) is 13.6 Å². The summed E-state index contributed by atoms with van der Waals surface area (Å²) in [5.74, 6) is -4.91. The number of halogens is 2. The summed E-state index contributed by atoms with van der Waals surface area (Å²) < 4.78 is 31.2. The molecular weight excluding hydrogens is 330 g/mol. The van der Waals surface area contributed by atoms with Gasteiger partial charge in [0.2, 0.25) is 0 Å². The number of benzene rings is 1. The predicted molar refractivity (Wildman–Crippen MR) is 76.6 cm³/mol. The molecule has 9 heteroatoms. The summed E-state index contributed by atoms with van der Waals surface area (Å²) in [6, 6.07) is 6.08. The van der Waals surface area contributed by atoms with Crippen LogP contribution in [0, 0.1) is 11.6 Å². The molecule has 0 atom stereocenters. The lowest BCUT2D eigenvalue weighted by atomic mass is 10.2. The number of carbonyl (C=O) groups is 3. The van der Waals surface area contributed by atoms with E-state index in [1.54, 1.807) is 17.5 Å². The van der Waals surface area contributed by atoms with Crippen LogP contribution in [0.2, 0.25) is 0 Å². The number of esters is 1. The third-order valence-electron chi connectivity index (χ3n) is 2.56. The van der Waals surface area contributed by atoms with Gasteiger partial charge in [-0.3, -0.25) is 20.4 Å². The van der Waals surface area contributed by atoms with Crippen molar-refractivity contribution in [1.29, 1.82) is 0 Å². The molecule has 6 nitrogen and oxygen atoms in total. The summed E-state index contributed by atoms with van der Waals surface area (Å²) >= 11 is 1.17. The van der Waals surface area contributed by atoms with Crippen molar-refractivity contribution in [2.24, 2.45) is 0 Å². The standard InChI is InChI=1S/C14H10F2N2O4S/c15-8-3-1-4-9(16)12(8)14(21)22-7-11(19)17-18-13(20)10-5-2-6-23-10/h1-6H,7H2,(H,17,19)(H,18,20). The van der Waals surface area contributed by atoms with Gasteiger partial charge in [0.15, 0.2) is 6.61 Å². The number of rotatable bonds is 4. The molecule has 1 heterocycles. The normalized spacial score (nSPS) is 10.0. The molecule has 1 aromatic carbocycles. The van der Waals surface area contributed by atoms with Crippen LogP contribution in [0.15, 0.2) is 35.7 Å². The van der Waals surface area contributed by atoms with Gasteiger partial charge in [0.1, 0.15) is 17.2 Å². The molecule has 1 aromatic heterocycles. The molecule has 23 heavy (non-hydrogen) atoms. The molecule has 2 aromatic rings. The highest BCUT2D eigenvalue weighted by atomic mass is 32.1. The fraction of sp³-hybridized carbons (Fsp3) is 0.0714. The summed E-state index contributed by atoms with van der Waals surface area (Å²) in [5.41, 5.74) is 3.23. The number of hydrazine groups is 1. The zero-order valence-electron chi connectivity index (χ0n) is 11.5. The van der Waals surface area contributed by atoms with Crippen LogP contribution in [0.1, 0.15) is 20.0 Å². The van der Waals surface area contributed by atoms with Gasteiger partial charge in [-0.05, 0) is 23.6 Å². The SMILES string of the molecule is O=C(COC(=O)c1c(F)cccc1F)NNC(=O)c1cccs1. The summed E-state index contributed by atoms with van der Waals surface area (Å²) in [4.78, 5) is 34.9. The fourth-order valence-electron chi connectivity index (χ4n) is 1.53. The van der Waals surface area contributed by atoms with E-state index in [1.165, 1.54) is 11.3 Å². The van der Waals surface area contributed by atoms with Gasteiger partial charge in [0.25, 0.3) is 11.8 Å². The molecule has 0 radical (unpaired) electrons. The zero-order valence-corrected chi connectivity index (χ0v) is 12.3. The number of nitrogens with one attached hydrogen (secondary N) is 2. The molecule has 0 unspecified atom stereocenters. The fourth-order valence-corrected chi connectivity index (χ4v) is 2.15. The van der Waals surface area contributed by atoms with Crippen LogP contribution < -0.4 is 10.9 Å². The second kappa shape index (κ2) is 7.45. The molecule has 0 aliphatic rings. The van der Waals surface area contributed by atoms with Gasteiger partial charge in [0.05, 0.1) is 4.88 Å². The van der Waals surface area contributed by atoms with E-state index in [-0.39, 0.29) is 0 Å². The third kappa shape index (κ3) is 4.33. The second-order valence-corrected chi connectivity index (χ2v) is 5.10. The molecule has 0 aliphatic heterocycles. The monoisotopic (exact) mass is 340 g/mol. The largest absolute Gasteiger partial charge is 0.452 e. The van der Waals surface area contributed by atoms with E-state index in [4.69, 9.17) is 0 Å². The van der Waals surface area contributed by atoms with E-state index >= 15 is 0 Å². The number of hydrogen-bond acceptors (Lipinski definition) is 5. The molecule has 0 saturated carbocycles. The van der Waals surface area contributed by atoms with E-state index in [0.29, 0.717) is 4.88 Å². The Hall–Kier alpha value is -2.81. The molecule has 2 N–H and O–H groups in total. The predicted octanol–water partition coefficient (Wildman–Crippen LogP) is 1.64. The first kappa shape index (κ1) is 16.6. The van der Waals surface area contributed by atoms with Gasteiger partial charge in [-0.1, -0.05) is 12.1 Å².